The van der Waals surface area contributed by atoms with Crippen molar-refractivity contribution in [1.82, 2.24) is 10.1 Å². The Bertz CT molecular complexity index is 520. The summed E-state index contributed by atoms with van der Waals surface area (Å²) in [5, 5.41) is 13.1. The van der Waals surface area contributed by atoms with E-state index in [9.17, 15) is 5.11 Å². The molecule has 0 unspecified atom stereocenters. The van der Waals surface area contributed by atoms with Gasteiger partial charge in [-0.05, 0) is 30.0 Å². The van der Waals surface area contributed by atoms with Crippen molar-refractivity contribution in [2.75, 3.05) is 0 Å². The number of aromatic nitrogens is 2. The second-order valence-corrected chi connectivity index (χ2v) is 5.12. The molecule has 0 aliphatic carbocycles. The maximum Gasteiger partial charge on any atom is 0.243 e. The highest BCUT2D eigenvalue weighted by atomic mass is 16.5. The third-order valence-electron chi connectivity index (χ3n) is 2.78. The van der Waals surface area contributed by atoms with E-state index in [-0.39, 0.29) is 11.8 Å². The van der Waals surface area contributed by atoms with Gasteiger partial charge in [0.25, 0.3) is 0 Å². The lowest BCUT2D eigenvalue weighted by Gasteiger charge is -2.06. The summed E-state index contributed by atoms with van der Waals surface area (Å²) in [5.41, 5.74) is 7.07. The van der Waals surface area contributed by atoms with Crippen molar-refractivity contribution in [1.29, 1.82) is 0 Å². The van der Waals surface area contributed by atoms with Gasteiger partial charge in [-0.3, -0.25) is 0 Å². The molecule has 2 aromatic rings. The van der Waals surface area contributed by atoms with Crippen LogP contribution >= 0.6 is 0 Å². The number of hydrogen-bond acceptors (Lipinski definition) is 5. The molecule has 5 nitrogen and oxygen atoms in total. The van der Waals surface area contributed by atoms with Crippen molar-refractivity contribution in [2.24, 2.45) is 11.7 Å². The summed E-state index contributed by atoms with van der Waals surface area (Å²) in [4.78, 5) is 4.31. The van der Waals surface area contributed by atoms with Crippen LogP contribution in [0.25, 0.3) is 0 Å². The molecule has 102 valence electrons. The molecule has 0 saturated heterocycles. The largest absolute Gasteiger partial charge is 0.508 e. The molecule has 0 aliphatic rings. The first-order chi connectivity index (χ1) is 9.04. The second-order valence-electron chi connectivity index (χ2n) is 5.12. The Labute approximate surface area is 112 Å². The maximum atomic E-state index is 9.22. The summed E-state index contributed by atoms with van der Waals surface area (Å²) in [6.45, 7) is 4.21. The van der Waals surface area contributed by atoms with Crippen LogP contribution in [0.2, 0.25) is 0 Å². The van der Waals surface area contributed by atoms with E-state index in [4.69, 9.17) is 10.3 Å². The maximum absolute atomic E-state index is 9.22. The molecule has 1 aromatic heterocycles. The molecule has 0 aliphatic heterocycles. The number of phenolic OH excluding ortho intramolecular Hbond substituents is 1. The number of aromatic hydroxyl groups is 1. The number of benzene rings is 1. The van der Waals surface area contributed by atoms with Gasteiger partial charge in [0, 0.05) is 6.42 Å². The smallest absolute Gasteiger partial charge is 0.243 e. The number of phenols is 1. The predicted molar refractivity (Wildman–Crippen MR) is 71.6 cm³/mol. The molecular formula is C14H19N3O2. The van der Waals surface area contributed by atoms with Crippen LogP contribution in [0.5, 0.6) is 5.75 Å². The molecule has 3 N–H and O–H groups in total. The Morgan fingerprint density at radius 3 is 2.53 bits per heavy atom. The predicted octanol–water partition coefficient (Wildman–Crippen LogP) is 2.22. The molecule has 0 radical (unpaired) electrons. The third kappa shape index (κ3) is 3.79. The van der Waals surface area contributed by atoms with Crippen molar-refractivity contribution in [3.63, 3.8) is 0 Å². The van der Waals surface area contributed by atoms with Crippen molar-refractivity contribution in [2.45, 2.75) is 32.7 Å². The topological polar surface area (TPSA) is 85.2 Å². The Kier molecular flexibility index (Phi) is 4.16. The van der Waals surface area contributed by atoms with E-state index in [0.29, 0.717) is 24.1 Å². The highest BCUT2D eigenvalue weighted by molar-refractivity contribution is 5.26. The van der Waals surface area contributed by atoms with E-state index in [1.54, 1.807) is 12.1 Å². The molecule has 19 heavy (non-hydrogen) atoms. The fraction of sp³-hybridized carbons (Fsp3) is 0.429. The molecule has 5 heteroatoms. The van der Waals surface area contributed by atoms with E-state index in [1.807, 2.05) is 12.1 Å². The number of nitrogens with two attached hydrogens (primary N) is 1. The van der Waals surface area contributed by atoms with Crippen LogP contribution in [0, 0.1) is 5.92 Å². The zero-order chi connectivity index (χ0) is 13.8. The highest BCUT2D eigenvalue weighted by Gasteiger charge is 2.15. The fourth-order valence-corrected chi connectivity index (χ4v) is 1.84. The van der Waals surface area contributed by atoms with Crippen LogP contribution in [-0.2, 0) is 12.8 Å². The highest BCUT2D eigenvalue weighted by Crippen LogP contribution is 2.17. The molecule has 0 spiro atoms. The summed E-state index contributed by atoms with van der Waals surface area (Å²) >= 11 is 0. The first kappa shape index (κ1) is 13.5. The van der Waals surface area contributed by atoms with Crippen molar-refractivity contribution >= 4 is 0 Å². The summed E-state index contributed by atoms with van der Waals surface area (Å²) in [6, 6.07) is 6.62. The number of rotatable bonds is 5. The van der Waals surface area contributed by atoms with E-state index in [2.05, 4.69) is 24.0 Å². The van der Waals surface area contributed by atoms with Crippen LogP contribution in [0.3, 0.4) is 0 Å². The fourth-order valence-electron chi connectivity index (χ4n) is 1.84. The summed E-state index contributed by atoms with van der Waals surface area (Å²) in [6.07, 6.45) is 1.39. The van der Waals surface area contributed by atoms with Crippen molar-refractivity contribution in [3.8, 4) is 5.75 Å². The number of nitrogens with zero attached hydrogens (tertiary/aromatic N) is 2. The van der Waals surface area contributed by atoms with Gasteiger partial charge in [0.1, 0.15) is 5.75 Å². The van der Waals surface area contributed by atoms with E-state index >= 15 is 0 Å². The van der Waals surface area contributed by atoms with Gasteiger partial charge in [0.05, 0.1) is 6.04 Å². The lowest BCUT2D eigenvalue weighted by Crippen LogP contribution is -2.14. The minimum absolute atomic E-state index is 0.245. The van der Waals surface area contributed by atoms with Crippen molar-refractivity contribution < 1.29 is 9.63 Å². The minimum atomic E-state index is -0.321. The summed E-state index contributed by atoms with van der Waals surface area (Å²) in [5.74, 6) is 1.89. The van der Waals surface area contributed by atoms with Gasteiger partial charge in [-0.1, -0.05) is 31.1 Å². The normalized spacial score (nSPS) is 12.8. The van der Waals surface area contributed by atoms with Gasteiger partial charge < -0.3 is 15.4 Å². The van der Waals surface area contributed by atoms with Gasteiger partial charge in [0.2, 0.25) is 5.89 Å². The number of hydrogen-bond donors (Lipinski definition) is 2. The third-order valence-corrected chi connectivity index (χ3v) is 2.78. The minimum Gasteiger partial charge on any atom is -0.508 e. The van der Waals surface area contributed by atoms with E-state index in [0.717, 1.165) is 12.0 Å². The first-order valence-corrected chi connectivity index (χ1v) is 6.40. The SMILES string of the molecule is CC(C)Cc1noc([C@H](N)Cc2ccc(O)cc2)n1. The quantitative estimate of drug-likeness (QED) is 0.862. The van der Waals surface area contributed by atoms with Crippen LogP contribution in [0.15, 0.2) is 28.8 Å². The van der Waals surface area contributed by atoms with Crippen LogP contribution in [0.4, 0.5) is 0 Å². The molecular weight excluding hydrogens is 242 g/mol. The Hall–Kier alpha value is -1.88. The van der Waals surface area contributed by atoms with E-state index < -0.39 is 0 Å². The lowest BCUT2D eigenvalue weighted by molar-refractivity contribution is 0.348. The lowest BCUT2D eigenvalue weighted by atomic mass is 10.1. The zero-order valence-electron chi connectivity index (χ0n) is 11.2. The molecule has 1 atom stereocenters. The average molecular weight is 261 g/mol. The molecule has 1 heterocycles. The summed E-state index contributed by atoms with van der Waals surface area (Å²) in [7, 11) is 0. The van der Waals surface area contributed by atoms with Gasteiger partial charge in [-0.15, -0.1) is 0 Å². The first-order valence-electron chi connectivity index (χ1n) is 6.40. The molecule has 2 rings (SSSR count). The van der Waals surface area contributed by atoms with Gasteiger partial charge >= 0.3 is 0 Å². The van der Waals surface area contributed by atoms with Crippen LogP contribution < -0.4 is 5.73 Å². The molecule has 0 saturated carbocycles. The van der Waals surface area contributed by atoms with E-state index in [1.165, 1.54) is 0 Å². The Morgan fingerprint density at radius 2 is 1.89 bits per heavy atom. The van der Waals surface area contributed by atoms with Crippen LogP contribution in [-0.4, -0.2) is 15.2 Å². The Balaban J connectivity index is 2.01. The molecule has 0 amide bonds. The summed E-state index contributed by atoms with van der Waals surface area (Å²) < 4.78 is 5.19. The Morgan fingerprint density at radius 1 is 1.21 bits per heavy atom. The molecule has 0 bridgehead atoms. The average Bonchev–Trinajstić information content (AvgIpc) is 2.80. The van der Waals surface area contributed by atoms with Gasteiger partial charge in [-0.25, -0.2) is 0 Å². The van der Waals surface area contributed by atoms with Gasteiger partial charge in [0.15, 0.2) is 5.82 Å². The zero-order valence-corrected chi connectivity index (χ0v) is 11.2. The van der Waals surface area contributed by atoms with Crippen molar-refractivity contribution in [3.05, 3.63) is 41.5 Å². The van der Waals surface area contributed by atoms with Crippen LogP contribution in [0.1, 0.15) is 37.2 Å². The molecule has 0 fully saturated rings. The standard InChI is InChI=1S/C14H19N3O2/c1-9(2)7-13-16-14(19-17-13)12(15)8-10-3-5-11(18)6-4-10/h3-6,9,12,18H,7-8,15H2,1-2H3/t12-/m1/s1. The molecule has 1 aromatic carbocycles. The second kappa shape index (κ2) is 5.84. The monoisotopic (exact) mass is 261 g/mol. The van der Waals surface area contributed by atoms with Gasteiger partial charge in [-0.2, -0.15) is 4.98 Å².